The van der Waals surface area contributed by atoms with Gasteiger partial charge in [0.15, 0.2) is 5.75 Å². The lowest BCUT2D eigenvalue weighted by Gasteiger charge is -2.20. The Morgan fingerprint density at radius 2 is 1.95 bits per heavy atom. The summed E-state index contributed by atoms with van der Waals surface area (Å²) in [5.74, 6) is -0.642. The van der Waals surface area contributed by atoms with E-state index in [1.54, 1.807) is 17.9 Å². The van der Waals surface area contributed by atoms with E-state index in [1.165, 1.54) is 19.2 Å². The molecule has 0 fully saturated rings. The summed E-state index contributed by atoms with van der Waals surface area (Å²) in [4.78, 5) is 0. The summed E-state index contributed by atoms with van der Waals surface area (Å²) < 4.78 is 33.8. The van der Waals surface area contributed by atoms with Crippen LogP contribution in [0.5, 0.6) is 5.75 Å². The molecule has 0 aliphatic carbocycles. The summed E-state index contributed by atoms with van der Waals surface area (Å²) in [5.41, 5.74) is 1.21. The molecule has 108 valence electrons. The number of aryl methyl sites for hydroxylation is 1. The van der Waals surface area contributed by atoms with Crippen LogP contribution in [0.3, 0.4) is 0 Å². The van der Waals surface area contributed by atoms with Crippen LogP contribution in [-0.2, 0) is 7.05 Å². The number of hydrogen-bond acceptors (Lipinski definition) is 3. The van der Waals surface area contributed by atoms with Crippen LogP contribution >= 0.6 is 0 Å². The fourth-order valence-electron chi connectivity index (χ4n) is 2.23. The van der Waals surface area contributed by atoms with Crippen molar-refractivity contribution in [2.45, 2.75) is 13.0 Å². The predicted octanol–water partition coefficient (Wildman–Crippen LogP) is 2.41. The Morgan fingerprint density at radius 3 is 2.50 bits per heavy atom. The number of halogens is 2. The molecule has 1 heterocycles. The number of methoxy groups -OCH3 is 1. The molecule has 4 nitrogen and oxygen atoms in total. The molecule has 1 aromatic carbocycles. The topological polar surface area (TPSA) is 39.1 Å². The van der Waals surface area contributed by atoms with Crippen molar-refractivity contribution in [3.8, 4) is 5.75 Å². The van der Waals surface area contributed by atoms with Gasteiger partial charge in [0, 0.05) is 13.1 Å². The van der Waals surface area contributed by atoms with Gasteiger partial charge >= 0.3 is 0 Å². The first-order chi connectivity index (χ1) is 9.56. The standard InChI is InChI=1S/C14H17F2N3O/c1-4-17-13(9-5-10(15)7-11(16)6-9)14-12(20-3)8-18-19(14)2/h5-8,13,17H,4H2,1-3H3. The molecule has 1 N–H and O–H groups in total. The molecule has 0 aliphatic rings. The van der Waals surface area contributed by atoms with Gasteiger partial charge in [0.2, 0.25) is 0 Å². The Morgan fingerprint density at radius 1 is 1.30 bits per heavy atom. The minimum atomic E-state index is -0.607. The maximum Gasteiger partial charge on any atom is 0.161 e. The molecule has 0 spiro atoms. The van der Waals surface area contributed by atoms with Crippen molar-refractivity contribution in [1.29, 1.82) is 0 Å². The highest BCUT2D eigenvalue weighted by Gasteiger charge is 2.22. The van der Waals surface area contributed by atoms with Gasteiger partial charge in [-0.2, -0.15) is 5.10 Å². The highest BCUT2D eigenvalue weighted by molar-refractivity contribution is 5.36. The molecule has 20 heavy (non-hydrogen) atoms. The van der Waals surface area contributed by atoms with Crippen LogP contribution in [-0.4, -0.2) is 23.4 Å². The lowest BCUT2D eigenvalue weighted by molar-refractivity contribution is 0.401. The molecular weight excluding hydrogens is 264 g/mol. The number of nitrogens with one attached hydrogen (secondary N) is 1. The van der Waals surface area contributed by atoms with Crippen molar-refractivity contribution in [3.63, 3.8) is 0 Å². The maximum absolute atomic E-state index is 13.4. The number of rotatable bonds is 5. The Hall–Kier alpha value is -1.95. The molecule has 0 bridgehead atoms. The zero-order chi connectivity index (χ0) is 14.7. The highest BCUT2D eigenvalue weighted by atomic mass is 19.1. The van der Waals surface area contributed by atoms with Crippen LogP contribution < -0.4 is 10.1 Å². The molecular formula is C14H17F2N3O. The molecule has 0 amide bonds. The van der Waals surface area contributed by atoms with E-state index in [0.29, 0.717) is 17.9 Å². The van der Waals surface area contributed by atoms with Crippen LogP contribution in [0.1, 0.15) is 24.2 Å². The van der Waals surface area contributed by atoms with Gasteiger partial charge in [-0.15, -0.1) is 0 Å². The molecule has 0 radical (unpaired) electrons. The second-order valence-electron chi connectivity index (χ2n) is 4.42. The minimum absolute atomic E-state index is 0.396. The Bertz CT molecular complexity index is 578. The summed E-state index contributed by atoms with van der Waals surface area (Å²) in [6.07, 6.45) is 1.58. The van der Waals surface area contributed by atoms with E-state index in [2.05, 4.69) is 10.4 Å². The molecule has 0 saturated carbocycles. The predicted molar refractivity (Wildman–Crippen MR) is 71.6 cm³/mol. The second kappa shape index (κ2) is 6.00. The molecule has 1 aromatic heterocycles. The molecule has 6 heteroatoms. The van der Waals surface area contributed by atoms with Gasteiger partial charge in [-0.25, -0.2) is 8.78 Å². The fraction of sp³-hybridized carbons (Fsp3) is 0.357. The largest absolute Gasteiger partial charge is 0.493 e. The lowest BCUT2D eigenvalue weighted by atomic mass is 10.0. The van der Waals surface area contributed by atoms with Crippen molar-refractivity contribution in [2.75, 3.05) is 13.7 Å². The summed E-state index contributed by atoms with van der Waals surface area (Å²) in [6.45, 7) is 2.56. The van der Waals surface area contributed by atoms with Crippen LogP contribution in [0, 0.1) is 11.6 Å². The first-order valence-electron chi connectivity index (χ1n) is 6.32. The van der Waals surface area contributed by atoms with Crippen LogP contribution in [0.25, 0.3) is 0 Å². The van der Waals surface area contributed by atoms with Crippen LogP contribution in [0.4, 0.5) is 8.78 Å². The number of ether oxygens (including phenoxy) is 1. The van der Waals surface area contributed by atoms with Crippen LogP contribution in [0.15, 0.2) is 24.4 Å². The first kappa shape index (κ1) is 14.5. The second-order valence-corrected chi connectivity index (χ2v) is 4.42. The van der Waals surface area contributed by atoms with E-state index in [4.69, 9.17) is 4.74 Å². The van der Waals surface area contributed by atoms with E-state index in [9.17, 15) is 8.78 Å². The quantitative estimate of drug-likeness (QED) is 0.914. The molecule has 0 aliphatic heterocycles. The SMILES string of the molecule is CCNC(c1cc(F)cc(F)c1)c1c(OC)cnn1C. The summed E-state index contributed by atoms with van der Waals surface area (Å²) in [6, 6.07) is 3.08. The third-order valence-electron chi connectivity index (χ3n) is 3.07. The van der Waals surface area contributed by atoms with Crippen LogP contribution in [0.2, 0.25) is 0 Å². The fourth-order valence-corrected chi connectivity index (χ4v) is 2.23. The third kappa shape index (κ3) is 2.80. The maximum atomic E-state index is 13.4. The first-order valence-corrected chi connectivity index (χ1v) is 6.32. The van der Waals surface area contributed by atoms with Gasteiger partial charge in [0.1, 0.15) is 17.3 Å². The van der Waals surface area contributed by atoms with Gasteiger partial charge < -0.3 is 10.1 Å². The Labute approximate surface area is 116 Å². The molecule has 1 unspecified atom stereocenters. The van der Waals surface area contributed by atoms with E-state index in [0.717, 1.165) is 11.8 Å². The average Bonchev–Trinajstić information content (AvgIpc) is 2.76. The number of benzene rings is 1. The Balaban J connectivity index is 2.52. The molecule has 2 rings (SSSR count). The molecule has 2 aromatic rings. The normalized spacial score (nSPS) is 12.4. The average molecular weight is 281 g/mol. The van der Waals surface area contributed by atoms with Crippen molar-refractivity contribution in [2.24, 2.45) is 7.05 Å². The van der Waals surface area contributed by atoms with Crippen molar-refractivity contribution in [3.05, 3.63) is 47.3 Å². The third-order valence-corrected chi connectivity index (χ3v) is 3.07. The van der Waals surface area contributed by atoms with Crippen molar-refractivity contribution in [1.82, 2.24) is 15.1 Å². The van der Waals surface area contributed by atoms with Crippen molar-refractivity contribution >= 4 is 0 Å². The van der Waals surface area contributed by atoms with Gasteiger partial charge in [-0.3, -0.25) is 4.68 Å². The highest BCUT2D eigenvalue weighted by Crippen LogP contribution is 2.30. The zero-order valence-electron chi connectivity index (χ0n) is 11.7. The summed E-state index contributed by atoms with van der Waals surface area (Å²) >= 11 is 0. The monoisotopic (exact) mass is 281 g/mol. The van der Waals surface area contributed by atoms with Gasteiger partial charge in [-0.05, 0) is 24.2 Å². The zero-order valence-corrected chi connectivity index (χ0v) is 11.7. The number of aromatic nitrogens is 2. The summed E-state index contributed by atoms with van der Waals surface area (Å²) in [7, 11) is 3.30. The van der Waals surface area contributed by atoms with Gasteiger partial charge in [0.25, 0.3) is 0 Å². The van der Waals surface area contributed by atoms with E-state index in [1.807, 2.05) is 6.92 Å². The minimum Gasteiger partial charge on any atom is -0.493 e. The van der Waals surface area contributed by atoms with E-state index < -0.39 is 17.7 Å². The number of nitrogens with zero attached hydrogens (tertiary/aromatic N) is 2. The molecule has 0 saturated heterocycles. The summed E-state index contributed by atoms with van der Waals surface area (Å²) in [5, 5.41) is 7.32. The Kier molecular flexibility index (Phi) is 4.34. The van der Waals surface area contributed by atoms with Crippen molar-refractivity contribution < 1.29 is 13.5 Å². The van der Waals surface area contributed by atoms with Gasteiger partial charge in [0.05, 0.1) is 19.3 Å². The molecule has 1 atom stereocenters. The smallest absolute Gasteiger partial charge is 0.161 e. The van der Waals surface area contributed by atoms with E-state index >= 15 is 0 Å². The number of hydrogen-bond donors (Lipinski definition) is 1. The lowest BCUT2D eigenvalue weighted by Crippen LogP contribution is -2.25. The van der Waals surface area contributed by atoms with Gasteiger partial charge in [-0.1, -0.05) is 6.92 Å². The van der Waals surface area contributed by atoms with E-state index in [-0.39, 0.29) is 0 Å².